The molecule has 1 amide bonds. The molecule has 3 aromatic carbocycles. The standard InChI is InChI=1S/C31H29N3O3S/c1-32(2)15-16-33-24-9-5-4-8-22(24)23-13-14-34(31(35)28-18-20-7-3-6-10-27(20)38-28)29(30(23)33)21-11-12-25-26(17-21)37-19-36-25/h3-12,17-18,29H,13-16,19H2,1-2H3. The zero-order valence-electron chi connectivity index (χ0n) is 21.5. The van der Waals surface area contributed by atoms with Crippen molar-refractivity contribution in [2.24, 2.45) is 0 Å². The average molecular weight is 524 g/mol. The van der Waals surface area contributed by atoms with Gasteiger partial charge in [0.05, 0.1) is 10.9 Å². The predicted octanol–water partition coefficient (Wildman–Crippen LogP) is 5.93. The van der Waals surface area contributed by atoms with Crippen molar-refractivity contribution in [3.8, 4) is 11.5 Å². The summed E-state index contributed by atoms with van der Waals surface area (Å²) in [4.78, 5) is 19.3. The molecule has 6 nitrogen and oxygen atoms in total. The Labute approximate surface area is 225 Å². The van der Waals surface area contributed by atoms with Crippen LogP contribution in [-0.4, -0.2) is 54.3 Å². The smallest absolute Gasteiger partial charge is 0.264 e. The third-order valence-corrected chi connectivity index (χ3v) is 8.78. The summed E-state index contributed by atoms with van der Waals surface area (Å²) in [5, 5.41) is 2.39. The number of benzene rings is 3. The highest BCUT2D eigenvalue weighted by molar-refractivity contribution is 7.20. The molecule has 7 rings (SSSR count). The molecule has 0 aliphatic carbocycles. The molecule has 4 heterocycles. The SMILES string of the molecule is CN(C)CCn1c2c(c3ccccc31)CCN(C(=O)c1cc3ccccc3s1)C2c1ccc2c(c1)OCO2. The summed E-state index contributed by atoms with van der Waals surface area (Å²) in [5.41, 5.74) is 4.80. The van der Waals surface area contributed by atoms with Crippen LogP contribution < -0.4 is 9.47 Å². The van der Waals surface area contributed by atoms with E-state index in [0.717, 1.165) is 51.5 Å². The molecule has 0 fully saturated rings. The van der Waals surface area contributed by atoms with E-state index < -0.39 is 0 Å². The lowest BCUT2D eigenvalue weighted by Gasteiger charge is -2.37. The van der Waals surface area contributed by atoms with E-state index in [1.807, 2.05) is 24.3 Å². The summed E-state index contributed by atoms with van der Waals surface area (Å²) in [6, 6.07) is 24.8. The molecule has 0 bridgehead atoms. The van der Waals surface area contributed by atoms with Crippen LogP contribution in [0.2, 0.25) is 0 Å². The summed E-state index contributed by atoms with van der Waals surface area (Å²) < 4.78 is 14.9. The maximum Gasteiger partial charge on any atom is 0.264 e. The first-order valence-electron chi connectivity index (χ1n) is 13.0. The van der Waals surface area contributed by atoms with Gasteiger partial charge in [-0.3, -0.25) is 4.79 Å². The molecule has 0 N–H and O–H groups in total. The van der Waals surface area contributed by atoms with E-state index in [1.54, 1.807) is 11.3 Å². The number of nitrogens with zero attached hydrogens (tertiary/aromatic N) is 3. The minimum Gasteiger partial charge on any atom is -0.454 e. The van der Waals surface area contributed by atoms with Crippen LogP contribution in [0.3, 0.4) is 0 Å². The number of para-hydroxylation sites is 1. The normalized spacial score (nSPS) is 16.5. The average Bonchev–Trinajstić information content (AvgIpc) is 3.66. The van der Waals surface area contributed by atoms with Gasteiger partial charge in [0.1, 0.15) is 0 Å². The second-order valence-electron chi connectivity index (χ2n) is 10.2. The number of hydrogen-bond acceptors (Lipinski definition) is 5. The van der Waals surface area contributed by atoms with Crippen molar-refractivity contribution in [3.63, 3.8) is 0 Å². The van der Waals surface area contributed by atoms with Crippen LogP contribution in [-0.2, 0) is 13.0 Å². The van der Waals surface area contributed by atoms with E-state index >= 15 is 0 Å². The Kier molecular flexibility index (Phi) is 5.64. The van der Waals surface area contributed by atoms with E-state index in [0.29, 0.717) is 6.54 Å². The van der Waals surface area contributed by atoms with Gasteiger partial charge in [0.2, 0.25) is 6.79 Å². The Morgan fingerprint density at radius 3 is 2.68 bits per heavy atom. The molecule has 1 unspecified atom stereocenters. The first-order chi connectivity index (χ1) is 18.6. The molecule has 1 atom stereocenters. The quantitative estimate of drug-likeness (QED) is 0.286. The Hall–Kier alpha value is -3.81. The van der Waals surface area contributed by atoms with Crippen LogP contribution in [0.1, 0.15) is 32.5 Å². The van der Waals surface area contributed by atoms with Crippen molar-refractivity contribution in [2.75, 3.05) is 34.0 Å². The van der Waals surface area contributed by atoms with Gasteiger partial charge in [-0.15, -0.1) is 11.3 Å². The number of rotatable bonds is 5. The van der Waals surface area contributed by atoms with Gasteiger partial charge in [0, 0.05) is 40.9 Å². The van der Waals surface area contributed by atoms with Crippen LogP contribution in [0.25, 0.3) is 21.0 Å². The zero-order valence-corrected chi connectivity index (χ0v) is 22.3. The lowest BCUT2D eigenvalue weighted by molar-refractivity contribution is 0.0693. The maximum atomic E-state index is 14.3. The number of fused-ring (bicyclic) bond motifs is 5. The number of amides is 1. The van der Waals surface area contributed by atoms with Gasteiger partial charge in [-0.2, -0.15) is 0 Å². The number of carbonyl (C=O) groups is 1. The molecule has 0 spiro atoms. The van der Waals surface area contributed by atoms with Crippen molar-refractivity contribution in [3.05, 3.63) is 94.5 Å². The number of thiophene rings is 1. The van der Waals surface area contributed by atoms with Crippen molar-refractivity contribution < 1.29 is 14.3 Å². The van der Waals surface area contributed by atoms with Gasteiger partial charge in [0.15, 0.2) is 11.5 Å². The molecule has 0 radical (unpaired) electrons. The molecule has 2 aromatic heterocycles. The largest absolute Gasteiger partial charge is 0.454 e. The van der Waals surface area contributed by atoms with Gasteiger partial charge < -0.3 is 23.8 Å². The zero-order chi connectivity index (χ0) is 25.8. The number of aromatic nitrogens is 1. The van der Waals surface area contributed by atoms with Crippen LogP contribution in [0.15, 0.2) is 72.8 Å². The minimum absolute atomic E-state index is 0.0731. The molecule has 2 aliphatic heterocycles. The Balaban J connectivity index is 1.42. The second-order valence-corrected chi connectivity index (χ2v) is 11.3. The van der Waals surface area contributed by atoms with E-state index in [9.17, 15) is 4.79 Å². The number of ether oxygens (including phenoxy) is 2. The third-order valence-electron chi connectivity index (χ3n) is 7.67. The van der Waals surface area contributed by atoms with Crippen LogP contribution in [0.5, 0.6) is 11.5 Å². The summed E-state index contributed by atoms with van der Waals surface area (Å²) in [5.74, 6) is 1.56. The summed E-state index contributed by atoms with van der Waals surface area (Å²) in [7, 11) is 4.20. The molecular formula is C31H29N3O3S. The Bertz CT molecular complexity index is 1650. The third kappa shape index (κ3) is 3.77. The van der Waals surface area contributed by atoms with Crippen LogP contribution in [0, 0.1) is 0 Å². The van der Waals surface area contributed by atoms with Gasteiger partial charge in [-0.1, -0.05) is 42.5 Å². The molecule has 0 saturated carbocycles. The lowest BCUT2D eigenvalue weighted by Crippen LogP contribution is -2.41. The van der Waals surface area contributed by atoms with E-state index in [-0.39, 0.29) is 18.7 Å². The van der Waals surface area contributed by atoms with E-state index in [2.05, 4.69) is 77.0 Å². The highest BCUT2D eigenvalue weighted by Crippen LogP contribution is 2.44. The van der Waals surface area contributed by atoms with Crippen molar-refractivity contribution >= 4 is 38.2 Å². The summed E-state index contributed by atoms with van der Waals surface area (Å²) >= 11 is 1.57. The molecule has 7 heteroatoms. The van der Waals surface area contributed by atoms with Gasteiger partial charge in [-0.25, -0.2) is 0 Å². The fourth-order valence-corrected chi connectivity index (χ4v) is 6.91. The summed E-state index contributed by atoms with van der Waals surface area (Å²) in [6.45, 7) is 2.63. The number of likely N-dealkylation sites (N-methyl/N-ethyl adjacent to an activating group) is 1. The van der Waals surface area contributed by atoms with Gasteiger partial charge in [0.25, 0.3) is 5.91 Å². The fraction of sp³-hybridized carbons (Fsp3) is 0.258. The minimum atomic E-state index is -0.236. The monoisotopic (exact) mass is 523 g/mol. The van der Waals surface area contributed by atoms with Gasteiger partial charge in [-0.05, 0) is 67.4 Å². The van der Waals surface area contributed by atoms with Gasteiger partial charge >= 0.3 is 0 Å². The second kappa shape index (κ2) is 9.19. The topological polar surface area (TPSA) is 46.9 Å². The highest BCUT2D eigenvalue weighted by Gasteiger charge is 2.38. The van der Waals surface area contributed by atoms with E-state index in [4.69, 9.17) is 9.47 Å². The van der Waals surface area contributed by atoms with Crippen LogP contribution >= 0.6 is 11.3 Å². The number of hydrogen-bond donors (Lipinski definition) is 0. The first-order valence-corrected chi connectivity index (χ1v) is 13.8. The van der Waals surface area contributed by atoms with E-state index in [1.165, 1.54) is 22.2 Å². The first kappa shape index (κ1) is 23.3. The Morgan fingerprint density at radius 2 is 1.82 bits per heavy atom. The van der Waals surface area contributed by atoms with Crippen molar-refractivity contribution in [1.29, 1.82) is 0 Å². The van der Waals surface area contributed by atoms with Crippen LogP contribution in [0.4, 0.5) is 0 Å². The molecule has 0 saturated heterocycles. The summed E-state index contributed by atoms with van der Waals surface area (Å²) in [6.07, 6.45) is 0.822. The maximum absolute atomic E-state index is 14.3. The fourth-order valence-electron chi connectivity index (χ4n) is 5.89. The van der Waals surface area contributed by atoms with Crippen molar-refractivity contribution in [2.45, 2.75) is 19.0 Å². The van der Waals surface area contributed by atoms with Crippen molar-refractivity contribution in [1.82, 2.24) is 14.4 Å². The molecular weight excluding hydrogens is 494 g/mol. The lowest BCUT2D eigenvalue weighted by atomic mass is 9.91. The number of carbonyl (C=O) groups excluding carboxylic acids is 1. The predicted molar refractivity (Wildman–Crippen MR) is 151 cm³/mol. The molecule has 5 aromatic rings. The molecule has 192 valence electrons. The molecule has 38 heavy (non-hydrogen) atoms. The highest BCUT2D eigenvalue weighted by atomic mass is 32.1. The molecule has 2 aliphatic rings. The Morgan fingerprint density at radius 1 is 1.00 bits per heavy atom.